The lowest BCUT2D eigenvalue weighted by Crippen LogP contribution is -2.10. The van der Waals surface area contributed by atoms with Crippen molar-refractivity contribution in [3.63, 3.8) is 0 Å². The van der Waals surface area contributed by atoms with E-state index in [0.717, 1.165) is 10.9 Å². The Hall–Kier alpha value is -4.26. The van der Waals surface area contributed by atoms with Crippen molar-refractivity contribution in [1.82, 2.24) is 15.0 Å². The second-order valence-electron chi connectivity index (χ2n) is 6.70. The van der Waals surface area contributed by atoms with Crippen LogP contribution < -0.4 is 15.9 Å². The number of nitrogens with one attached hydrogen (secondary N) is 1. The van der Waals surface area contributed by atoms with Crippen molar-refractivity contribution in [2.45, 2.75) is 0 Å². The highest BCUT2D eigenvalue weighted by Gasteiger charge is 2.16. The molecule has 0 unspecified atom stereocenters. The van der Waals surface area contributed by atoms with Crippen molar-refractivity contribution >= 4 is 22.0 Å². The largest absolute Gasteiger partial charge is 0.497 e. The molecule has 0 spiro atoms. The van der Waals surface area contributed by atoms with Gasteiger partial charge in [-0.2, -0.15) is 0 Å². The maximum absolute atomic E-state index is 12.7. The Morgan fingerprint density at radius 1 is 0.967 bits per heavy atom. The lowest BCUT2D eigenvalue weighted by atomic mass is 10.0. The zero-order chi connectivity index (χ0) is 20.7. The number of hydrogen-bond donors (Lipinski definition) is 1. The number of pyridine rings is 1. The summed E-state index contributed by atoms with van der Waals surface area (Å²) in [6, 6.07) is 18.0. The SMILES string of the molecule is COc1ccc(-c2cc(-c3cc4ccccc4oc3=O)nc3nc[nH]c(=O)c23)cc1. The summed E-state index contributed by atoms with van der Waals surface area (Å²) in [6.07, 6.45) is 1.29. The van der Waals surface area contributed by atoms with E-state index >= 15 is 0 Å². The van der Waals surface area contributed by atoms with Gasteiger partial charge in [0.05, 0.1) is 30.1 Å². The molecule has 0 fully saturated rings. The van der Waals surface area contributed by atoms with Gasteiger partial charge in [-0.15, -0.1) is 0 Å². The molecule has 0 atom stereocenters. The van der Waals surface area contributed by atoms with Crippen molar-refractivity contribution in [3.8, 4) is 28.1 Å². The van der Waals surface area contributed by atoms with Gasteiger partial charge < -0.3 is 14.1 Å². The maximum atomic E-state index is 12.7. The van der Waals surface area contributed by atoms with Gasteiger partial charge in [0.2, 0.25) is 0 Å². The zero-order valence-electron chi connectivity index (χ0n) is 15.9. The first-order valence-corrected chi connectivity index (χ1v) is 9.20. The zero-order valence-corrected chi connectivity index (χ0v) is 15.9. The molecule has 5 rings (SSSR count). The van der Waals surface area contributed by atoms with Crippen molar-refractivity contribution < 1.29 is 9.15 Å². The van der Waals surface area contributed by atoms with E-state index in [1.54, 1.807) is 43.5 Å². The minimum absolute atomic E-state index is 0.245. The van der Waals surface area contributed by atoms with Gasteiger partial charge >= 0.3 is 5.63 Å². The van der Waals surface area contributed by atoms with Crippen LogP contribution >= 0.6 is 0 Å². The Labute approximate surface area is 169 Å². The predicted octanol–water partition coefficient (Wildman–Crippen LogP) is 3.77. The third-order valence-corrected chi connectivity index (χ3v) is 4.93. The van der Waals surface area contributed by atoms with Crippen LogP contribution in [0.4, 0.5) is 0 Å². The molecule has 0 aliphatic rings. The summed E-state index contributed by atoms with van der Waals surface area (Å²) >= 11 is 0. The molecule has 0 bridgehead atoms. The second-order valence-corrected chi connectivity index (χ2v) is 6.70. The van der Waals surface area contributed by atoms with Crippen LogP contribution in [0.1, 0.15) is 0 Å². The molecule has 146 valence electrons. The van der Waals surface area contributed by atoms with Crippen LogP contribution in [0.15, 0.2) is 81.0 Å². The van der Waals surface area contributed by atoms with Crippen LogP contribution in [0, 0.1) is 0 Å². The number of hydrogen-bond acceptors (Lipinski definition) is 6. The minimum atomic E-state index is -0.508. The highest BCUT2D eigenvalue weighted by molar-refractivity contribution is 5.94. The predicted molar refractivity (Wildman–Crippen MR) is 114 cm³/mol. The minimum Gasteiger partial charge on any atom is -0.497 e. The van der Waals surface area contributed by atoms with Crippen LogP contribution in [0.5, 0.6) is 5.75 Å². The molecule has 7 heteroatoms. The Balaban J connectivity index is 1.81. The molecule has 1 N–H and O–H groups in total. The Bertz CT molecular complexity index is 1520. The van der Waals surface area contributed by atoms with Crippen LogP contribution in [-0.2, 0) is 0 Å². The number of methoxy groups -OCH3 is 1. The maximum Gasteiger partial charge on any atom is 0.345 e. The van der Waals surface area contributed by atoms with Gasteiger partial charge in [0.25, 0.3) is 5.56 Å². The molecule has 0 saturated carbocycles. The van der Waals surface area contributed by atoms with Gasteiger partial charge in [0.1, 0.15) is 11.3 Å². The van der Waals surface area contributed by atoms with Crippen LogP contribution in [0.25, 0.3) is 44.4 Å². The number of nitrogens with zero attached hydrogens (tertiary/aromatic N) is 2. The summed E-state index contributed by atoms with van der Waals surface area (Å²) in [5.41, 5.74) is 1.99. The quantitative estimate of drug-likeness (QED) is 0.466. The summed E-state index contributed by atoms with van der Waals surface area (Å²) in [6.45, 7) is 0. The number of aromatic nitrogens is 3. The smallest absolute Gasteiger partial charge is 0.345 e. The van der Waals surface area contributed by atoms with Gasteiger partial charge in [0.15, 0.2) is 5.65 Å². The summed E-state index contributed by atoms with van der Waals surface area (Å²) in [5.74, 6) is 0.694. The number of rotatable bonds is 3. The van der Waals surface area contributed by atoms with Crippen molar-refractivity contribution in [2.75, 3.05) is 7.11 Å². The molecule has 30 heavy (non-hydrogen) atoms. The normalized spacial score (nSPS) is 11.1. The van der Waals surface area contributed by atoms with E-state index < -0.39 is 5.63 Å². The molecule has 0 radical (unpaired) electrons. The molecule has 0 aliphatic carbocycles. The Kier molecular flexibility index (Phi) is 4.14. The molecule has 2 aromatic carbocycles. The van der Waals surface area contributed by atoms with E-state index in [-0.39, 0.29) is 11.2 Å². The first kappa shape index (κ1) is 17.8. The molecule has 3 aromatic heterocycles. The van der Waals surface area contributed by atoms with Crippen LogP contribution in [0.3, 0.4) is 0 Å². The monoisotopic (exact) mass is 397 g/mol. The van der Waals surface area contributed by atoms with E-state index in [2.05, 4.69) is 15.0 Å². The van der Waals surface area contributed by atoms with E-state index in [0.29, 0.717) is 33.5 Å². The second kappa shape index (κ2) is 6.97. The molecule has 5 aromatic rings. The highest BCUT2D eigenvalue weighted by atomic mass is 16.5. The highest BCUT2D eigenvalue weighted by Crippen LogP contribution is 2.30. The summed E-state index contributed by atoms with van der Waals surface area (Å²) < 4.78 is 10.7. The number of H-pyrrole nitrogens is 1. The first-order valence-electron chi connectivity index (χ1n) is 9.20. The average molecular weight is 397 g/mol. The van der Waals surface area contributed by atoms with Crippen molar-refractivity contribution in [2.24, 2.45) is 0 Å². The van der Waals surface area contributed by atoms with Gasteiger partial charge in [-0.25, -0.2) is 14.8 Å². The Morgan fingerprint density at radius 2 is 1.77 bits per heavy atom. The van der Waals surface area contributed by atoms with Gasteiger partial charge in [0, 0.05) is 10.9 Å². The van der Waals surface area contributed by atoms with Crippen molar-refractivity contribution in [3.05, 3.63) is 87.8 Å². The van der Waals surface area contributed by atoms with Crippen molar-refractivity contribution in [1.29, 1.82) is 0 Å². The summed E-state index contributed by atoms with van der Waals surface area (Å²) in [7, 11) is 1.59. The number of benzene rings is 2. The molecular weight excluding hydrogens is 382 g/mol. The fourth-order valence-electron chi connectivity index (χ4n) is 3.45. The molecule has 7 nitrogen and oxygen atoms in total. The number of fused-ring (bicyclic) bond motifs is 2. The van der Waals surface area contributed by atoms with Crippen LogP contribution in [-0.4, -0.2) is 22.1 Å². The van der Waals surface area contributed by atoms with E-state index in [9.17, 15) is 9.59 Å². The third-order valence-electron chi connectivity index (χ3n) is 4.93. The third kappa shape index (κ3) is 2.93. The first-order chi connectivity index (χ1) is 14.6. The fourth-order valence-corrected chi connectivity index (χ4v) is 3.45. The standard InChI is InChI=1S/C23H15N3O4/c1-29-15-8-6-13(7-9-15)16-11-18(26-21-20(16)22(27)25-12-24-21)17-10-14-4-2-3-5-19(14)30-23(17)28/h2-12H,1H3,(H,24,25,26,27). The lowest BCUT2D eigenvalue weighted by Gasteiger charge is -2.09. The average Bonchev–Trinajstić information content (AvgIpc) is 2.78. The van der Waals surface area contributed by atoms with Gasteiger partial charge in [-0.1, -0.05) is 30.3 Å². The van der Waals surface area contributed by atoms with E-state index in [1.165, 1.54) is 6.33 Å². The topological polar surface area (TPSA) is 98.1 Å². The molecular formula is C23H15N3O4. The summed E-state index contributed by atoms with van der Waals surface area (Å²) in [4.78, 5) is 36.5. The molecule has 0 aliphatic heterocycles. The number of ether oxygens (including phenoxy) is 1. The van der Waals surface area contributed by atoms with E-state index in [1.807, 2.05) is 24.3 Å². The number of aromatic amines is 1. The van der Waals surface area contributed by atoms with E-state index in [4.69, 9.17) is 9.15 Å². The molecule has 0 saturated heterocycles. The Morgan fingerprint density at radius 3 is 2.57 bits per heavy atom. The molecule has 0 amide bonds. The fraction of sp³-hybridized carbons (Fsp3) is 0.0435. The lowest BCUT2D eigenvalue weighted by molar-refractivity contribution is 0.415. The van der Waals surface area contributed by atoms with Crippen LogP contribution in [0.2, 0.25) is 0 Å². The molecule has 3 heterocycles. The number of para-hydroxylation sites is 1. The summed E-state index contributed by atoms with van der Waals surface area (Å²) in [5, 5.41) is 1.12. The van der Waals surface area contributed by atoms with Gasteiger partial charge in [-0.05, 0) is 35.9 Å². The van der Waals surface area contributed by atoms with Gasteiger partial charge in [-0.3, -0.25) is 4.79 Å².